The molecule has 0 amide bonds. The Labute approximate surface area is 159 Å². The maximum absolute atomic E-state index is 13.6. The van der Waals surface area contributed by atoms with Crippen LogP contribution in [0.3, 0.4) is 0 Å². The summed E-state index contributed by atoms with van der Waals surface area (Å²) in [5.74, 6) is -0.514. The van der Waals surface area contributed by atoms with Gasteiger partial charge in [0.2, 0.25) is 0 Å². The van der Waals surface area contributed by atoms with Gasteiger partial charge in [-0.1, -0.05) is 17.7 Å². The van der Waals surface area contributed by atoms with Crippen LogP contribution in [0.1, 0.15) is 23.1 Å². The minimum Gasteiger partial charge on any atom is -0.356 e. The fraction of sp³-hybridized carbons (Fsp3) is 0.176. The number of rotatable bonds is 5. The summed E-state index contributed by atoms with van der Waals surface area (Å²) in [5, 5.41) is 2.84. The molecular formula is C17H15ClF2N4O2S. The van der Waals surface area contributed by atoms with Gasteiger partial charge < -0.3 is 10.3 Å². The van der Waals surface area contributed by atoms with Gasteiger partial charge in [-0.15, -0.1) is 0 Å². The molecule has 0 fully saturated rings. The zero-order valence-corrected chi connectivity index (χ0v) is 15.9. The van der Waals surface area contributed by atoms with E-state index in [0.29, 0.717) is 17.1 Å². The normalized spacial score (nSPS) is 12.8. The fourth-order valence-electron chi connectivity index (χ4n) is 2.58. The lowest BCUT2D eigenvalue weighted by molar-refractivity contribution is 0.597. The molecule has 10 heteroatoms. The van der Waals surface area contributed by atoms with Crippen molar-refractivity contribution in [2.24, 2.45) is 0 Å². The second kappa shape index (κ2) is 7.24. The average molecular weight is 413 g/mol. The van der Waals surface area contributed by atoms with Gasteiger partial charge in [-0.25, -0.2) is 27.2 Å². The van der Waals surface area contributed by atoms with Crippen molar-refractivity contribution in [3.8, 4) is 0 Å². The molecule has 0 saturated carbocycles. The van der Waals surface area contributed by atoms with Gasteiger partial charge in [-0.2, -0.15) is 0 Å². The van der Waals surface area contributed by atoms with Crippen molar-refractivity contribution in [2.75, 3.05) is 11.6 Å². The Morgan fingerprint density at radius 1 is 1.22 bits per heavy atom. The molecule has 0 aliphatic heterocycles. The number of anilines is 1. The number of pyridine rings is 1. The molecule has 1 aromatic carbocycles. The van der Waals surface area contributed by atoms with Crippen LogP contribution in [0, 0.1) is 18.6 Å². The molecule has 1 atom stereocenters. The van der Waals surface area contributed by atoms with Gasteiger partial charge >= 0.3 is 0 Å². The molecule has 2 N–H and O–H groups in total. The second-order valence-corrected chi connectivity index (χ2v) is 8.28. The summed E-state index contributed by atoms with van der Waals surface area (Å²) in [6.45, 7) is 1.58. The van der Waals surface area contributed by atoms with Gasteiger partial charge in [0.1, 0.15) is 29.3 Å². The first-order valence-corrected chi connectivity index (χ1v) is 10.0. The van der Waals surface area contributed by atoms with Gasteiger partial charge in [0.25, 0.3) is 0 Å². The number of hydrogen-bond donors (Lipinski definition) is 2. The predicted octanol–water partition coefficient (Wildman–Crippen LogP) is 3.65. The first kappa shape index (κ1) is 19.2. The van der Waals surface area contributed by atoms with Gasteiger partial charge in [-0.05, 0) is 36.8 Å². The first-order chi connectivity index (χ1) is 12.6. The molecule has 3 rings (SSSR count). The highest BCUT2D eigenvalue weighted by atomic mass is 35.5. The molecule has 0 radical (unpaired) electrons. The number of H-pyrrole nitrogens is 1. The number of hydrogen-bond acceptors (Lipinski definition) is 5. The summed E-state index contributed by atoms with van der Waals surface area (Å²) in [5.41, 5.74) is 0.876. The van der Waals surface area contributed by atoms with Crippen LogP contribution in [0.2, 0.25) is 5.02 Å². The van der Waals surface area contributed by atoms with Crippen molar-refractivity contribution in [2.45, 2.75) is 18.0 Å². The van der Waals surface area contributed by atoms with Crippen molar-refractivity contribution in [3.63, 3.8) is 0 Å². The lowest BCUT2D eigenvalue weighted by Crippen LogP contribution is -2.15. The quantitative estimate of drug-likeness (QED) is 0.667. The predicted molar refractivity (Wildman–Crippen MR) is 97.5 cm³/mol. The van der Waals surface area contributed by atoms with Crippen LogP contribution in [0.15, 0.2) is 41.6 Å². The van der Waals surface area contributed by atoms with E-state index in [2.05, 4.69) is 20.3 Å². The summed E-state index contributed by atoms with van der Waals surface area (Å²) < 4.78 is 50.5. The van der Waals surface area contributed by atoms with Crippen LogP contribution >= 0.6 is 11.6 Å². The zero-order valence-electron chi connectivity index (χ0n) is 14.3. The number of aromatic nitrogens is 3. The summed E-state index contributed by atoms with van der Waals surface area (Å²) in [4.78, 5) is 11.0. The number of benzene rings is 1. The van der Waals surface area contributed by atoms with E-state index in [9.17, 15) is 17.2 Å². The van der Waals surface area contributed by atoms with Gasteiger partial charge in [0, 0.05) is 6.26 Å². The Kier molecular flexibility index (Phi) is 5.16. The Hall–Kier alpha value is -2.52. The number of sulfone groups is 1. The molecule has 0 aliphatic rings. The zero-order chi connectivity index (χ0) is 19.8. The highest BCUT2D eigenvalue weighted by Gasteiger charge is 2.24. The number of imidazole rings is 1. The Balaban J connectivity index is 2.09. The van der Waals surface area contributed by atoms with E-state index < -0.39 is 27.5 Å². The smallest absolute Gasteiger partial charge is 0.194 e. The van der Waals surface area contributed by atoms with E-state index in [1.165, 1.54) is 30.3 Å². The first-order valence-electron chi connectivity index (χ1n) is 7.75. The molecule has 6 nitrogen and oxygen atoms in total. The molecule has 0 spiro atoms. The van der Waals surface area contributed by atoms with Crippen LogP contribution < -0.4 is 5.32 Å². The number of nitrogens with one attached hydrogen (secondary N) is 2. The molecule has 0 saturated heterocycles. The van der Waals surface area contributed by atoms with E-state index in [4.69, 9.17) is 11.6 Å². The number of halogens is 3. The molecule has 27 heavy (non-hydrogen) atoms. The van der Waals surface area contributed by atoms with Crippen LogP contribution in [0.4, 0.5) is 14.6 Å². The highest BCUT2D eigenvalue weighted by Crippen LogP contribution is 2.29. The largest absolute Gasteiger partial charge is 0.356 e. The molecule has 2 aromatic heterocycles. The Morgan fingerprint density at radius 3 is 2.52 bits per heavy atom. The third kappa shape index (κ3) is 4.25. The Bertz CT molecular complexity index is 1080. The lowest BCUT2D eigenvalue weighted by Gasteiger charge is -2.18. The van der Waals surface area contributed by atoms with Crippen LogP contribution in [0.25, 0.3) is 0 Å². The SMILES string of the molecule is Cc1[nH]c(C(Nc2ccc(F)cn2)c2ccc(F)c(Cl)c2)nc1S(C)(=O)=O. The van der Waals surface area contributed by atoms with Crippen LogP contribution in [0.5, 0.6) is 0 Å². The molecular weight excluding hydrogens is 398 g/mol. The molecule has 3 aromatic rings. The third-order valence-corrected chi connectivity index (χ3v) is 5.17. The molecule has 0 bridgehead atoms. The van der Waals surface area contributed by atoms with Crippen molar-refractivity contribution in [3.05, 3.63) is 70.3 Å². The van der Waals surface area contributed by atoms with Crippen LogP contribution in [-0.4, -0.2) is 29.6 Å². The second-order valence-electron chi connectivity index (χ2n) is 5.94. The van der Waals surface area contributed by atoms with Crippen molar-refractivity contribution in [1.82, 2.24) is 15.0 Å². The maximum atomic E-state index is 13.6. The minimum absolute atomic E-state index is 0.0930. The molecule has 2 heterocycles. The van der Waals surface area contributed by atoms with Gasteiger partial charge in [-0.3, -0.25) is 0 Å². The average Bonchev–Trinajstić information content (AvgIpc) is 2.99. The van der Waals surface area contributed by atoms with Crippen molar-refractivity contribution >= 4 is 27.3 Å². The molecule has 0 aliphatic carbocycles. The van der Waals surface area contributed by atoms with Gasteiger partial charge in [0.05, 0.1) is 16.9 Å². The third-order valence-electron chi connectivity index (χ3n) is 3.78. The van der Waals surface area contributed by atoms with Crippen LogP contribution in [-0.2, 0) is 9.84 Å². The summed E-state index contributed by atoms with van der Waals surface area (Å²) in [6, 6.07) is 5.99. The summed E-state index contributed by atoms with van der Waals surface area (Å²) in [6.07, 6.45) is 2.09. The summed E-state index contributed by atoms with van der Waals surface area (Å²) >= 11 is 5.88. The van der Waals surface area contributed by atoms with E-state index in [0.717, 1.165) is 12.5 Å². The van der Waals surface area contributed by atoms with Crippen molar-refractivity contribution < 1.29 is 17.2 Å². The maximum Gasteiger partial charge on any atom is 0.194 e. The summed E-state index contributed by atoms with van der Waals surface area (Å²) in [7, 11) is -3.54. The van der Waals surface area contributed by atoms with E-state index in [-0.39, 0.29) is 15.9 Å². The monoisotopic (exact) mass is 412 g/mol. The highest BCUT2D eigenvalue weighted by molar-refractivity contribution is 7.90. The molecule has 1 unspecified atom stereocenters. The van der Waals surface area contributed by atoms with Gasteiger partial charge in [0.15, 0.2) is 14.9 Å². The topological polar surface area (TPSA) is 87.7 Å². The fourth-order valence-corrected chi connectivity index (χ4v) is 3.64. The van der Waals surface area contributed by atoms with E-state index in [1.807, 2.05) is 0 Å². The lowest BCUT2D eigenvalue weighted by atomic mass is 10.1. The minimum atomic E-state index is -3.54. The van der Waals surface area contributed by atoms with E-state index in [1.54, 1.807) is 6.92 Å². The van der Waals surface area contributed by atoms with E-state index >= 15 is 0 Å². The Morgan fingerprint density at radius 2 is 1.96 bits per heavy atom. The standard InChI is InChI=1S/C17H15ClF2N4O2S/c1-9-17(27(2,25)26)24-16(22-9)15(10-3-5-13(20)12(18)7-10)23-14-6-4-11(19)8-21-14/h3-8,15H,1-2H3,(H,21,23)(H,22,24). The number of aromatic amines is 1. The number of nitrogens with zero attached hydrogens (tertiary/aromatic N) is 2. The van der Waals surface area contributed by atoms with Crippen molar-refractivity contribution in [1.29, 1.82) is 0 Å². The molecule has 142 valence electrons. The number of aryl methyl sites for hydroxylation is 1.